The van der Waals surface area contributed by atoms with Gasteiger partial charge in [0.05, 0.1) is 31.0 Å². The van der Waals surface area contributed by atoms with Gasteiger partial charge in [-0.1, -0.05) is 26.0 Å². The Morgan fingerprint density at radius 3 is 2.40 bits per heavy atom. The summed E-state index contributed by atoms with van der Waals surface area (Å²) in [6, 6.07) is 13.1. The highest BCUT2D eigenvalue weighted by molar-refractivity contribution is 5.89. The normalized spacial score (nSPS) is 12.2. The molecule has 3 aromatic rings. The van der Waals surface area contributed by atoms with Gasteiger partial charge < -0.3 is 25.2 Å². The second kappa shape index (κ2) is 11.0. The first-order valence-corrected chi connectivity index (χ1v) is 10.7. The molecule has 0 radical (unpaired) electrons. The summed E-state index contributed by atoms with van der Waals surface area (Å²) >= 11 is 0. The van der Waals surface area contributed by atoms with Gasteiger partial charge in [-0.3, -0.25) is 0 Å². The van der Waals surface area contributed by atoms with Crippen molar-refractivity contribution in [1.29, 1.82) is 0 Å². The Morgan fingerprint density at radius 2 is 1.80 bits per heavy atom. The number of aliphatic hydroxyl groups is 1. The average Bonchev–Trinajstić information content (AvgIpc) is 2.81. The second-order valence-corrected chi connectivity index (χ2v) is 7.91. The van der Waals surface area contributed by atoms with Crippen molar-refractivity contribution in [3.63, 3.8) is 0 Å². The molecular weight excluding hydrogens is 465 g/mol. The summed E-state index contributed by atoms with van der Waals surface area (Å²) < 4.78 is 46.8. The molecule has 1 atom stereocenters. The maximum atomic E-state index is 12.7. The van der Waals surface area contributed by atoms with Gasteiger partial charge >= 0.3 is 12.3 Å². The van der Waals surface area contributed by atoms with Crippen LogP contribution in [0, 0.1) is 5.92 Å². The number of halogens is 3. The molecule has 35 heavy (non-hydrogen) atoms. The summed E-state index contributed by atoms with van der Waals surface area (Å²) in [5.41, 5.74) is 1.66. The molecule has 3 N–H and O–H groups in total. The summed E-state index contributed by atoms with van der Waals surface area (Å²) in [5, 5.41) is 15.8. The van der Waals surface area contributed by atoms with Crippen molar-refractivity contribution >= 4 is 23.4 Å². The minimum Gasteiger partial charge on any atom is -0.465 e. The van der Waals surface area contributed by atoms with Gasteiger partial charge in [0.25, 0.3) is 0 Å². The van der Waals surface area contributed by atoms with E-state index in [-0.39, 0.29) is 30.3 Å². The number of carbonyl (C=O) groups is 1. The van der Waals surface area contributed by atoms with Crippen LogP contribution in [0.2, 0.25) is 0 Å². The van der Waals surface area contributed by atoms with Crippen LogP contribution in [0.4, 0.5) is 30.6 Å². The predicted octanol–water partition coefficient (Wildman–Crippen LogP) is 5.00. The molecule has 0 spiro atoms. The van der Waals surface area contributed by atoms with Crippen molar-refractivity contribution in [2.24, 2.45) is 5.92 Å². The van der Waals surface area contributed by atoms with Gasteiger partial charge in [0.15, 0.2) is 0 Å². The molecule has 0 aliphatic rings. The van der Waals surface area contributed by atoms with E-state index < -0.39 is 12.3 Å². The third-order valence-corrected chi connectivity index (χ3v) is 4.98. The van der Waals surface area contributed by atoms with Crippen LogP contribution in [0.1, 0.15) is 24.2 Å². The molecule has 0 saturated carbocycles. The number of hydrogen-bond donors (Lipinski definition) is 3. The molecule has 0 bridgehead atoms. The quantitative estimate of drug-likeness (QED) is 0.360. The van der Waals surface area contributed by atoms with Crippen molar-refractivity contribution in [2.45, 2.75) is 26.3 Å². The molecule has 3 rings (SSSR count). The van der Waals surface area contributed by atoms with Gasteiger partial charge in [-0.25, -0.2) is 9.78 Å². The summed E-state index contributed by atoms with van der Waals surface area (Å²) in [5.74, 6) is -0.293. The third kappa shape index (κ3) is 7.31. The Kier molecular flexibility index (Phi) is 8.13. The molecule has 0 aliphatic heterocycles. The summed E-state index contributed by atoms with van der Waals surface area (Å²) in [7, 11) is 1.29. The minimum absolute atomic E-state index is 0.0537. The number of aliphatic hydroxyl groups excluding tert-OH is 1. The van der Waals surface area contributed by atoms with Crippen molar-refractivity contribution in [2.75, 3.05) is 24.4 Å². The number of benzene rings is 2. The van der Waals surface area contributed by atoms with Crippen LogP contribution in [-0.2, 0) is 4.74 Å². The van der Waals surface area contributed by atoms with Crippen LogP contribution in [-0.4, -0.2) is 47.2 Å². The van der Waals surface area contributed by atoms with Crippen molar-refractivity contribution in [3.8, 4) is 17.0 Å². The third-order valence-electron chi connectivity index (χ3n) is 4.98. The van der Waals surface area contributed by atoms with E-state index in [9.17, 15) is 23.1 Å². The number of ether oxygens (including phenoxy) is 2. The van der Waals surface area contributed by atoms with Gasteiger partial charge in [0.1, 0.15) is 11.6 Å². The van der Waals surface area contributed by atoms with E-state index in [0.29, 0.717) is 28.3 Å². The molecule has 8 nitrogen and oxygen atoms in total. The Balaban J connectivity index is 1.97. The van der Waals surface area contributed by atoms with Crippen molar-refractivity contribution in [1.82, 2.24) is 9.97 Å². The molecule has 1 heterocycles. The smallest absolute Gasteiger partial charge is 0.465 e. The zero-order valence-corrected chi connectivity index (χ0v) is 19.3. The molecule has 0 saturated heterocycles. The Morgan fingerprint density at radius 1 is 1.09 bits per heavy atom. The van der Waals surface area contributed by atoms with Crippen LogP contribution in [0.25, 0.3) is 11.3 Å². The van der Waals surface area contributed by atoms with Crippen LogP contribution in [0.5, 0.6) is 5.75 Å². The summed E-state index contributed by atoms with van der Waals surface area (Å²) in [6.07, 6.45) is -4.83. The standard InChI is InChI=1S/C24H25F3N4O4/c1-14(2)20(13-32)30-23-29-19(16-5-4-6-18(11-16)35-24(25,26)27)12-21(31-23)28-17-9-7-15(8-10-17)22(33)34-3/h4-12,14,20,32H,13H2,1-3H3,(H2,28,29,30,31)/t20-/m0/s1. The Hall–Kier alpha value is -3.86. The first-order valence-electron chi connectivity index (χ1n) is 10.7. The molecule has 186 valence electrons. The van der Waals surface area contributed by atoms with Gasteiger partial charge in [-0.2, -0.15) is 4.98 Å². The number of rotatable bonds is 9. The summed E-state index contributed by atoms with van der Waals surface area (Å²) in [4.78, 5) is 20.5. The highest BCUT2D eigenvalue weighted by Gasteiger charge is 2.31. The van der Waals surface area contributed by atoms with Gasteiger partial charge in [0.2, 0.25) is 5.95 Å². The lowest BCUT2D eigenvalue weighted by molar-refractivity contribution is -0.274. The van der Waals surface area contributed by atoms with E-state index >= 15 is 0 Å². The van der Waals surface area contributed by atoms with Gasteiger partial charge in [0, 0.05) is 17.3 Å². The van der Waals surface area contributed by atoms with Crippen molar-refractivity contribution in [3.05, 3.63) is 60.2 Å². The number of aromatic nitrogens is 2. The molecule has 0 amide bonds. The molecule has 2 aromatic carbocycles. The number of anilines is 3. The minimum atomic E-state index is -4.83. The second-order valence-electron chi connectivity index (χ2n) is 7.91. The fourth-order valence-electron chi connectivity index (χ4n) is 3.12. The average molecular weight is 490 g/mol. The van der Waals surface area contributed by atoms with E-state index in [0.717, 1.165) is 0 Å². The largest absolute Gasteiger partial charge is 0.573 e. The zero-order chi connectivity index (χ0) is 25.6. The lowest BCUT2D eigenvalue weighted by atomic mass is 10.1. The van der Waals surface area contributed by atoms with E-state index in [1.54, 1.807) is 36.4 Å². The topological polar surface area (TPSA) is 106 Å². The number of carbonyl (C=O) groups excluding carboxylic acids is 1. The lowest BCUT2D eigenvalue weighted by Crippen LogP contribution is -2.30. The van der Waals surface area contributed by atoms with E-state index in [1.807, 2.05) is 13.8 Å². The number of hydrogen-bond acceptors (Lipinski definition) is 8. The van der Waals surface area contributed by atoms with Crippen LogP contribution >= 0.6 is 0 Å². The highest BCUT2D eigenvalue weighted by Crippen LogP contribution is 2.29. The van der Waals surface area contributed by atoms with Gasteiger partial charge in [-0.05, 0) is 42.3 Å². The molecule has 0 aliphatic carbocycles. The molecule has 1 aromatic heterocycles. The van der Waals surface area contributed by atoms with Crippen LogP contribution < -0.4 is 15.4 Å². The maximum absolute atomic E-state index is 12.7. The molecule has 0 fully saturated rings. The SMILES string of the molecule is COC(=O)c1ccc(Nc2cc(-c3cccc(OC(F)(F)F)c3)nc(N[C@@H](CO)C(C)C)n2)cc1. The fourth-order valence-corrected chi connectivity index (χ4v) is 3.12. The van der Waals surface area contributed by atoms with E-state index in [1.165, 1.54) is 25.3 Å². The number of methoxy groups -OCH3 is 1. The molecule has 0 unspecified atom stereocenters. The predicted molar refractivity (Wildman–Crippen MR) is 125 cm³/mol. The fraction of sp³-hybridized carbons (Fsp3) is 0.292. The number of nitrogens with zero attached hydrogens (tertiary/aromatic N) is 2. The first kappa shape index (κ1) is 25.8. The first-order chi connectivity index (χ1) is 16.6. The highest BCUT2D eigenvalue weighted by atomic mass is 19.4. The summed E-state index contributed by atoms with van der Waals surface area (Å²) in [6.45, 7) is 3.66. The van der Waals surface area contributed by atoms with Crippen LogP contribution in [0.15, 0.2) is 54.6 Å². The number of alkyl halides is 3. The monoisotopic (exact) mass is 490 g/mol. The zero-order valence-electron chi connectivity index (χ0n) is 19.3. The van der Waals surface area contributed by atoms with Crippen LogP contribution in [0.3, 0.4) is 0 Å². The molecular formula is C24H25F3N4O4. The Labute approximate surface area is 200 Å². The number of esters is 1. The van der Waals surface area contributed by atoms with Gasteiger partial charge in [-0.15, -0.1) is 13.2 Å². The molecule has 11 heteroatoms. The lowest BCUT2D eigenvalue weighted by Gasteiger charge is -2.21. The van der Waals surface area contributed by atoms with E-state index in [2.05, 4.69) is 25.3 Å². The van der Waals surface area contributed by atoms with E-state index in [4.69, 9.17) is 4.74 Å². The number of nitrogens with one attached hydrogen (secondary N) is 2. The Bertz CT molecular complexity index is 1150. The van der Waals surface area contributed by atoms with Crippen molar-refractivity contribution < 1.29 is 32.5 Å². The maximum Gasteiger partial charge on any atom is 0.573 e.